The molecule has 0 aliphatic heterocycles. The molecule has 0 aliphatic rings. The minimum Gasteiger partial charge on any atom is -0.309 e. The SMILES string of the molecule is Cc1cccc(CNCc2ccsc2)c1. The Bertz CT molecular complexity index is 406. The predicted molar refractivity (Wildman–Crippen MR) is 66.0 cm³/mol. The van der Waals surface area contributed by atoms with Gasteiger partial charge in [-0.25, -0.2) is 0 Å². The Morgan fingerprint density at radius 3 is 2.73 bits per heavy atom. The van der Waals surface area contributed by atoms with E-state index in [9.17, 15) is 0 Å². The normalized spacial score (nSPS) is 10.5. The molecule has 0 fully saturated rings. The third-order valence-corrected chi connectivity index (χ3v) is 3.05. The second-order valence-corrected chi connectivity index (χ2v) is 4.50. The van der Waals surface area contributed by atoms with Crippen LogP contribution in [0.1, 0.15) is 16.7 Å². The molecule has 78 valence electrons. The second kappa shape index (κ2) is 5.10. The Morgan fingerprint density at radius 1 is 1.13 bits per heavy atom. The lowest BCUT2D eigenvalue weighted by Crippen LogP contribution is -2.11. The van der Waals surface area contributed by atoms with Crippen LogP contribution in [0.3, 0.4) is 0 Å². The maximum absolute atomic E-state index is 3.44. The summed E-state index contributed by atoms with van der Waals surface area (Å²) in [7, 11) is 0. The van der Waals surface area contributed by atoms with E-state index in [1.807, 2.05) is 0 Å². The number of aryl methyl sites for hydroxylation is 1. The van der Waals surface area contributed by atoms with E-state index < -0.39 is 0 Å². The molecule has 0 unspecified atom stereocenters. The second-order valence-electron chi connectivity index (χ2n) is 3.72. The summed E-state index contributed by atoms with van der Waals surface area (Å²) in [4.78, 5) is 0. The van der Waals surface area contributed by atoms with Gasteiger partial charge in [0.2, 0.25) is 0 Å². The van der Waals surface area contributed by atoms with Gasteiger partial charge >= 0.3 is 0 Å². The highest BCUT2D eigenvalue weighted by molar-refractivity contribution is 7.07. The number of hydrogen-bond acceptors (Lipinski definition) is 2. The molecular weight excluding hydrogens is 202 g/mol. The van der Waals surface area contributed by atoms with Crippen molar-refractivity contribution in [3.05, 3.63) is 57.8 Å². The first kappa shape index (κ1) is 10.4. The minimum absolute atomic E-state index is 0.942. The van der Waals surface area contributed by atoms with Gasteiger partial charge in [0.05, 0.1) is 0 Å². The van der Waals surface area contributed by atoms with Crippen LogP contribution in [0.2, 0.25) is 0 Å². The van der Waals surface area contributed by atoms with Crippen molar-refractivity contribution in [2.45, 2.75) is 20.0 Å². The molecule has 1 aromatic carbocycles. The molecule has 1 nitrogen and oxygen atoms in total. The van der Waals surface area contributed by atoms with Crippen LogP contribution in [-0.2, 0) is 13.1 Å². The van der Waals surface area contributed by atoms with Gasteiger partial charge in [-0.05, 0) is 34.9 Å². The average molecular weight is 217 g/mol. The van der Waals surface area contributed by atoms with E-state index in [1.54, 1.807) is 11.3 Å². The average Bonchev–Trinajstić information content (AvgIpc) is 2.71. The number of hydrogen-bond donors (Lipinski definition) is 1. The summed E-state index contributed by atoms with van der Waals surface area (Å²) in [5.41, 5.74) is 4.04. The van der Waals surface area contributed by atoms with Gasteiger partial charge in [0.1, 0.15) is 0 Å². The zero-order valence-electron chi connectivity index (χ0n) is 8.86. The molecule has 2 rings (SSSR count). The van der Waals surface area contributed by atoms with Crippen LogP contribution in [0.5, 0.6) is 0 Å². The molecule has 0 amide bonds. The maximum Gasteiger partial charge on any atom is 0.0216 e. The summed E-state index contributed by atoms with van der Waals surface area (Å²) in [5.74, 6) is 0. The molecule has 0 bridgehead atoms. The molecule has 1 heterocycles. The number of thiophene rings is 1. The van der Waals surface area contributed by atoms with Gasteiger partial charge in [0.25, 0.3) is 0 Å². The van der Waals surface area contributed by atoms with E-state index >= 15 is 0 Å². The molecule has 0 radical (unpaired) electrons. The Morgan fingerprint density at radius 2 is 2.00 bits per heavy atom. The van der Waals surface area contributed by atoms with Crippen LogP contribution >= 0.6 is 11.3 Å². The molecule has 0 saturated heterocycles. The van der Waals surface area contributed by atoms with Crippen molar-refractivity contribution in [3.63, 3.8) is 0 Å². The van der Waals surface area contributed by atoms with Crippen LogP contribution in [0.4, 0.5) is 0 Å². The van der Waals surface area contributed by atoms with E-state index in [4.69, 9.17) is 0 Å². The van der Waals surface area contributed by atoms with Crippen molar-refractivity contribution >= 4 is 11.3 Å². The first-order valence-corrected chi connectivity index (χ1v) is 6.06. The summed E-state index contributed by atoms with van der Waals surface area (Å²) >= 11 is 1.75. The molecule has 0 saturated carbocycles. The molecule has 0 aliphatic carbocycles. The fourth-order valence-electron chi connectivity index (χ4n) is 1.57. The van der Waals surface area contributed by atoms with Crippen molar-refractivity contribution in [3.8, 4) is 0 Å². The lowest BCUT2D eigenvalue weighted by Gasteiger charge is -2.04. The van der Waals surface area contributed by atoms with E-state index in [1.165, 1.54) is 16.7 Å². The number of nitrogens with one attached hydrogen (secondary N) is 1. The van der Waals surface area contributed by atoms with Crippen LogP contribution in [-0.4, -0.2) is 0 Å². The monoisotopic (exact) mass is 217 g/mol. The molecule has 0 spiro atoms. The number of benzene rings is 1. The molecular formula is C13H15NS. The van der Waals surface area contributed by atoms with Gasteiger partial charge in [-0.1, -0.05) is 29.8 Å². The van der Waals surface area contributed by atoms with E-state index in [-0.39, 0.29) is 0 Å². The Labute approximate surface area is 94.8 Å². The minimum atomic E-state index is 0.942. The quantitative estimate of drug-likeness (QED) is 0.828. The van der Waals surface area contributed by atoms with Crippen molar-refractivity contribution in [1.82, 2.24) is 5.32 Å². The van der Waals surface area contributed by atoms with Gasteiger partial charge < -0.3 is 5.32 Å². The summed E-state index contributed by atoms with van der Waals surface area (Å²) in [6, 6.07) is 10.8. The lowest BCUT2D eigenvalue weighted by atomic mass is 10.1. The van der Waals surface area contributed by atoms with Crippen molar-refractivity contribution < 1.29 is 0 Å². The van der Waals surface area contributed by atoms with Crippen molar-refractivity contribution in [2.75, 3.05) is 0 Å². The van der Waals surface area contributed by atoms with Crippen LogP contribution < -0.4 is 5.32 Å². The van der Waals surface area contributed by atoms with Gasteiger partial charge in [-0.2, -0.15) is 11.3 Å². The zero-order valence-corrected chi connectivity index (χ0v) is 9.68. The summed E-state index contributed by atoms with van der Waals surface area (Å²) in [6.07, 6.45) is 0. The molecule has 2 heteroatoms. The lowest BCUT2D eigenvalue weighted by molar-refractivity contribution is 0.694. The topological polar surface area (TPSA) is 12.0 Å². The first-order valence-electron chi connectivity index (χ1n) is 5.12. The van der Waals surface area contributed by atoms with Gasteiger partial charge in [-0.3, -0.25) is 0 Å². The standard InChI is InChI=1S/C13H15NS/c1-11-3-2-4-12(7-11)8-14-9-13-5-6-15-10-13/h2-7,10,14H,8-9H2,1H3. The molecule has 1 aromatic heterocycles. The third kappa shape index (κ3) is 3.18. The van der Waals surface area contributed by atoms with E-state index in [0.717, 1.165) is 13.1 Å². The fourth-order valence-corrected chi connectivity index (χ4v) is 2.24. The summed E-state index contributed by atoms with van der Waals surface area (Å²) in [6.45, 7) is 4.03. The molecule has 2 aromatic rings. The predicted octanol–water partition coefficient (Wildman–Crippen LogP) is 3.35. The first-order chi connectivity index (χ1) is 7.34. The summed E-state index contributed by atoms with van der Waals surface area (Å²) < 4.78 is 0. The largest absolute Gasteiger partial charge is 0.309 e. The smallest absolute Gasteiger partial charge is 0.0216 e. The van der Waals surface area contributed by atoms with E-state index in [0.29, 0.717) is 0 Å². The maximum atomic E-state index is 3.44. The Balaban J connectivity index is 1.83. The Hall–Kier alpha value is -1.12. The van der Waals surface area contributed by atoms with Crippen LogP contribution in [0.15, 0.2) is 41.1 Å². The van der Waals surface area contributed by atoms with Gasteiger partial charge in [0.15, 0.2) is 0 Å². The fraction of sp³-hybridized carbons (Fsp3) is 0.231. The molecule has 15 heavy (non-hydrogen) atoms. The highest BCUT2D eigenvalue weighted by atomic mass is 32.1. The van der Waals surface area contributed by atoms with Crippen LogP contribution in [0, 0.1) is 6.92 Å². The van der Waals surface area contributed by atoms with E-state index in [2.05, 4.69) is 53.3 Å². The Kier molecular flexibility index (Phi) is 3.54. The van der Waals surface area contributed by atoms with Gasteiger partial charge in [0, 0.05) is 13.1 Å². The highest BCUT2D eigenvalue weighted by Gasteiger charge is 1.94. The molecule has 0 atom stereocenters. The molecule has 1 N–H and O–H groups in total. The third-order valence-electron chi connectivity index (χ3n) is 2.32. The van der Waals surface area contributed by atoms with Crippen LogP contribution in [0.25, 0.3) is 0 Å². The summed E-state index contributed by atoms with van der Waals surface area (Å²) in [5, 5.41) is 7.74. The van der Waals surface area contributed by atoms with Gasteiger partial charge in [-0.15, -0.1) is 0 Å². The van der Waals surface area contributed by atoms with Crippen molar-refractivity contribution in [2.24, 2.45) is 0 Å². The zero-order chi connectivity index (χ0) is 10.5. The van der Waals surface area contributed by atoms with Crippen molar-refractivity contribution in [1.29, 1.82) is 0 Å². The number of rotatable bonds is 4. The highest BCUT2D eigenvalue weighted by Crippen LogP contribution is 2.07.